The van der Waals surface area contributed by atoms with E-state index in [-0.39, 0.29) is 31.3 Å². The summed E-state index contributed by atoms with van der Waals surface area (Å²) in [5.74, 6) is -2.68. The number of rotatable bonds is 7. The molecule has 9 nitrogen and oxygen atoms in total. The highest BCUT2D eigenvalue weighted by atomic mass is 32.1. The van der Waals surface area contributed by atoms with E-state index in [4.69, 9.17) is 4.74 Å². The number of nitrogens with one attached hydrogen (secondary N) is 2. The fourth-order valence-electron chi connectivity index (χ4n) is 3.50. The summed E-state index contributed by atoms with van der Waals surface area (Å²) in [6, 6.07) is 8.37. The van der Waals surface area contributed by atoms with Crippen molar-refractivity contribution >= 4 is 35.1 Å². The average molecular weight is 459 g/mol. The Morgan fingerprint density at radius 3 is 2.72 bits per heavy atom. The second-order valence-electron chi connectivity index (χ2n) is 8.02. The Morgan fingerprint density at radius 1 is 1.25 bits per heavy atom. The van der Waals surface area contributed by atoms with Crippen molar-refractivity contribution in [1.29, 1.82) is 0 Å². The van der Waals surface area contributed by atoms with Gasteiger partial charge in [0.25, 0.3) is 5.91 Å². The number of carbonyl (C=O) groups excluding carboxylic acids is 4. The van der Waals surface area contributed by atoms with E-state index in [0.717, 1.165) is 10.4 Å². The lowest BCUT2D eigenvalue weighted by Crippen LogP contribution is -2.46. The fraction of sp³-hybridized carbons (Fsp3) is 0.455. The van der Waals surface area contributed by atoms with E-state index in [1.54, 1.807) is 13.8 Å². The Balaban J connectivity index is 1.62. The maximum Gasteiger partial charge on any atom is 0.408 e. The molecule has 170 valence electrons. The first kappa shape index (κ1) is 23.5. The summed E-state index contributed by atoms with van der Waals surface area (Å²) in [4.78, 5) is 51.0. The molecule has 1 aliphatic rings. The Kier molecular flexibility index (Phi) is 8.04. The Bertz CT molecular complexity index is 976. The number of aryl methyl sites for hydroxylation is 1. The number of hydrogen-bond acceptors (Lipinski definition) is 8. The molecule has 2 aromatic rings. The highest BCUT2D eigenvalue weighted by molar-refractivity contribution is 7.05. The first-order valence-corrected chi connectivity index (χ1v) is 11.2. The predicted molar refractivity (Wildman–Crippen MR) is 117 cm³/mol. The molecule has 0 fully saturated rings. The quantitative estimate of drug-likeness (QED) is 0.609. The number of Topliss-reactive ketones (excluding diaryl/α,β-unsaturated/α-hetero) is 2. The number of fused-ring (bicyclic) bond motifs is 1. The number of benzene rings is 1. The van der Waals surface area contributed by atoms with Gasteiger partial charge in [0.15, 0.2) is 5.78 Å². The SMILES string of the molecule is CC(C)C(NC(=O)OCc1ccccc1)C(=O)CC1CCc2snnc2CNC(=O)C1=O. The monoisotopic (exact) mass is 458 g/mol. The molecule has 2 atom stereocenters. The number of alkyl carbamates (subject to hydrolysis) is 1. The molecule has 2 N–H and O–H groups in total. The van der Waals surface area contributed by atoms with Gasteiger partial charge in [-0.1, -0.05) is 48.7 Å². The zero-order valence-electron chi connectivity index (χ0n) is 18.0. The molecule has 2 amide bonds. The summed E-state index contributed by atoms with van der Waals surface area (Å²) < 4.78 is 9.12. The Hall–Kier alpha value is -3.14. The van der Waals surface area contributed by atoms with Crippen molar-refractivity contribution in [2.45, 2.75) is 52.3 Å². The van der Waals surface area contributed by atoms with Crippen molar-refractivity contribution in [2.24, 2.45) is 11.8 Å². The van der Waals surface area contributed by atoms with Crippen LogP contribution >= 0.6 is 11.5 Å². The van der Waals surface area contributed by atoms with E-state index in [2.05, 4.69) is 20.2 Å². The molecule has 0 spiro atoms. The van der Waals surface area contributed by atoms with Crippen molar-refractivity contribution in [2.75, 3.05) is 0 Å². The first-order valence-electron chi connectivity index (χ1n) is 10.5. The molecule has 32 heavy (non-hydrogen) atoms. The van der Waals surface area contributed by atoms with Crippen LogP contribution in [-0.2, 0) is 38.7 Å². The van der Waals surface area contributed by atoms with Crippen LogP contribution in [-0.4, -0.2) is 39.2 Å². The van der Waals surface area contributed by atoms with E-state index in [1.807, 2.05) is 30.3 Å². The predicted octanol–water partition coefficient (Wildman–Crippen LogP) is 2.20. The van der Waals surface area contributed by atoms with Gasteiger partial charge in [-0.25, -0.2) is 4.79 Å². The van der Waals surface area contributed by atoms with Gasteiger partial charge >= 0.3 is 6.09 Å². The van der Waals surface area contributed by atoms with E-state index in [1.165, 1.54) is 11.5 Å². The minimum atomic E-state index is -0.831. The molecule has 2 unspecified atom stereocenters. The van der Waals surface area contributed by atoms with Gasteiger partial charge in [0.1, 0.15) is 6.61 Å². The van der Waals surface area contributed by atoms with E-state index in [9.17, 15) is 19.2 Å². The number of nitrogens with zero attached hydrogens (tertiary/aromatic N) is 2. The Morgan fingerprint density at radius 2 is 2.00 bits per heavy atom. The third-order valence-corrected chi connectivity index (χ3v) is 6.14. The number of aromatic nitrogens is 2. The molecule has 10 heteroatoms. The third kappa shape index (κ3) is 6.19. The normalized spacial score (nSPS) is 17.4. The number of amides is 2. The molecular weight excluding hydrogens is 432 g/mol. The van der Waals surface area contributed by atoms with Gasteiger partial charge in [-0.15, -0.1) is 5.10 Å². The van der Waals surface area contributed by atoms with E-state index < -0.39 is 29.7 Å². The molecule has 0 saturated carbocycles. The second-order valence-corrected chi connectivity index (χ2v) is 8.86. The lowest BCUT2D eigenvalue weighted by atomic mass is 9.87. The highest BCUT2D eigenvalue weighted by Crippen LogP contribution is 2.22. The van der Waals surface area contributed by atoms with Crippen LogP contribution < -0.4 is 10.6 Å². The van der Waals surface area contributed by atoms with Crippen LogP contribution in [0, 0.1) is 11.8 Å². The van der Waals surface area contributed by atoms with Gasteiger partial charge in [-0.2, -0.15) is 0 Å². The smallest absolute Gasteiger partial charge is 0.408 e. The second kappa shape index (κ2) is 10.9. The molecule has 1 aromatic carbocycles. The zero-order valence-corrected chi connectivity index (χ0v) is 18.8. The van der Waals surface area contributed by atoms with Crippen LogP contribution in [0.3, 0.4) is 0 Å². The minimum Gasteiger partial charge on any atom is -0.445 e. The van der Waals surface area contributed by atoms with Gasteiger partial charge < -0.3 is 15.4 Å². The van der Waals surface area contributed by atoms with E-state index in [0.29, 0.717) is 18.5 Å². The van der Waals surface area contributed by atoms with Gasteiger partial charge in [0, 0.05) is 12.3 Å². The summed E-state index contributed by atoms with van der Waals surface area (Å²) in [7, 11) is 0. The van der Waals surface area contributed by atoms with Crippen molar-refractivity contribution in [3.05, 3.63) is 46.5 Å². The molecule has 1 aliphatic heterocycles. The van der Waals surface area contributed by atoms with Gasteiger partial charge in [-0.3, -0.25) is 14.4 Å². The van der Waals surface area contributed by atoms with Crippen LogP contribution in [0.2, 0.25) is 0 Å². The molecule has 1 aromatic heterocycles. The van der Waals surface area contributed by atoms with Gasteiger partial charge in [0.2, 0.25) is 5.78 Å². The van der Waals surface area contributed by atoms with Crippen molar-refractivity contribution in [1.82, 2.24) is 20.2 Å². The van der Waals surface area contributed by atoms with Crippen molar-refractivity contribution < 1.29 is 23.9 Å². The zero-order chi connectivity index (χ0) is 23.1. The maximum atomic E-state index is 13.0. The summed E-state index contributed by atoms with van der Waals surface area (Å²) in [6.07, 6.45) is -0.0157. The summed E-state index contributed by atoms with van der Waals surface area (Å²) in [5, 5.41) is 9.15. The summed E-state index contributed by atoms with van der Waals surface area (Å²) in [5.41, 5.74) is 1.47. The minimum absolute atomic E-state index is 0.0815. The molecule has 0 bridgehead atoms. The van der Waals surface area contributed by atoms with Crippen LogP contribution in [0.25, 0.3) is 0 Å². The van der Waals surface area contributed by atoms with Gasteiger partial charge in [-0.05, 0) is 35.9 Å². The molecule has 3 rings (SSSR count). The highest BCUT2D eigenvalue weighted by Gasteiger charge is 2.33. The number of carbonyl (C=O) groups is 4. The van der Waals surface area contributed by atoms with E-state index >= 15 is 0 Å². The van der Waals surface area contributed by atoms with Gasteiger partial charge in [0.05, 0.1) is 23.2 Å². The molecule has 0 radical (unpaired) electrons. The van der Waals surface area contributed by atoms with Crippen LogP contribution in [0.1, 0.15) is 42.8 Å². The lowest BCUT2D eigenvalue weighted by molar-refractivity contribution is -0.141. The largest absolute Gasteiger partial charge is 0.445 e. The van der Waals surface area contributed by atoms with Crippen molar-refractivity contribution in [3.63, 3.8) is 0 Å². The Labute approximate surface area is 190 Å². The summed E-state index contributed by atoms with van der Waals surface area (Å²) >= 11 is 1.22. The van der Waals surface area contributed by atoms with Crippen LogP contribution in [0.5, 0.6) is 0 Å². The number of ether oxygens (including phenoxy) is 1. The molecule has 0 saturated heterocycles. The first-order chi connectivity index (χ1) is 15.3. The lowest BCUT2D eigenvalue weighted by Gasteiger charge is -2.23. The number of hydrogen-bond donors (Lipinski definition) is 2. The summed E-state index contributed by atoms with van der Waals surface area (Å²) in [6.45, 7) is 3.82. The third-order valence-electron chi connectivity index (χ3n) is 5.31. The molecule has 2 heterocycles. The fourth-order valence-corrected chi connectivity index (χ4v) is 4.16. The topological polar surface area (TPSA) is 127 Å². The number of ketones is 2. The van der Waals surface area contributed by atoms with Crippen molar-refractivity contribution in [3.8, 4) is 0 Å². The molecule has 0 aliphatic carbocycles. The molecular formula is C22H26N4O5S. The van der Waals surface area contributed by atoms with Crippen LogP contribution in [0.15, 0.2) is 30.3 Å². The maximum absolute atomic E-state index is 13.0. The standard InChI is InChI=1S/C22H26N4O5S/c1-13(2)19(24-22(30)31-12-14-6-4-3-5-7-14)17(27)10-15-8-9-18-16(25-26-32-18)11-23-21(29)20(15)28/h3-7,13,15,19H,8-12H2,1-2H3,(H,23,29)(H,24,30). The average Bonchev–Trinajstić information content (AvgIpc) is 3.24. The van der Waals surface area contributed by atoms with Crippen LogP contribution in [0.4, 0.5) is 4.79 Å².